The van der Waals surface area contributed by atoms with Crippen molar-refractivity contribution in [2.45, 2.75) is 26.3 Å². The number of carbonyl (C=O) groups is 1. The second kappa shape index (κ2) is 8.52. The monoisotopic (exact) mass is 405 g/mol. The zero-order valence-corrected chi connectivity index (χ0v) is 16.7. The predicted octanol–water partition coefficient (Wildman–Crippen LogP) is 1.81. The van der Waals surface area contributed by atoms with Gasteiger partial charge in [-0.3, -0.25) is 9.10 Å². The fourth-order valence-corrected chi connectivity index (χ4v) is 5.31. The third kappa shape index (κ3) is 5.19. The van der Waals surface area contributed by atoms with Gasteiger partial charge >= 0.3 is 5.97 Å². The molecule has 0 spiro atoms. The van der Waals surface area contributed by atoms with Crippen LogP contribution in [0, 0.1) is 5.92 Å². The smallest absolute Gasteiger partial charge is 0.322 e. The molecule has 1 atom stereocenters. The van der Waals surface area contributed by atoms with Crippen LogP contribution in [-0.2, 0) is 14.8 Å². The number of aliphatic carboxylic acids is 1. The molecule has 2 N–H and O–H groups in total. The molecule has 25 heavy (non-hydrogen) atoms. The number of hydrogen-bond donors (Lipinski definition) is 3. The highest BCUT2D eigenvalue weighted by Crippen LogP contribution is 2.28. The highest BCUT2D eigenvalue weighted by Gasteiger charge is 2.35. The summed E-state index contributed by atoms with van der Waals surface area (Å²) in [4.78, 5) is 11.7. The van der Waals surface area contributed by atoms with Crippen LogP contribution in [0.3, 0.4) is 0 Å². The molecule has 0 aromatic rings. The average molecular weight is 406 g/mol. The first kappa shape index (κ1) is 20.2. The summed E-state index contributed by atoms with van der Waals surface area (Å²) in [5.41, 5.74) is 1.47. The average Bonchev–Trinajstić information content (AvgIpc) is 2.97. The molecule has 0 saturated heterocycles. The molecule has 0 aromatic heterocycles. The van der Waals surface area contributed by atoms with Crippen molar-refractivity contribution in [1.29, 1.82) is 0 Å². The summed E-state index contributed by atoms with van der Waals surface area (Å²) in [7, 11) is -3.79. The maximum absolute atomic E-state index is 12.9. The Morgan fingerprint density at radius 1 is 1.48 bits per heavy atom. The van der Waals surface area contributed by atoms with Crippen LogP contribution in [0.15, 0.2) is 35.8 Å². The summed E-state index contributed by atoms with van der Waals surface area (Å²) in [6.07, 6.45) is 7.34. The first-order valence-corrected chi connectivity index (χ1v) is 10.9. The van der Waals surface area contributed by atoms with Gasteiger partial charge in [0, 0.05) is 24.7 Å². The van der Waals surface area contributed by atoms with Gasteiger partial charge in [-0.2, -0.15) is 16.9 Å². The fraction of sp³-hybridized carbons (Fsp3) is 0.533. The lowest BCUT2D eigenvalue weighted by molar-refractivity contribution is -0.142. The summed E-state index contributed by atoms with van der Waals surface area (Å²) < 4.78 is 31.8. The molecule has 0 aliphatic carbocycles. The van der Waals surface area contributed by atoms with Crippen molar-refractivity contribution in [3.05, 3.63) is 35.8 Å². The topological polar surface area (TPSA) is 90.0 Å². The van der Waals surface area contributed by atoms with Gasteiger partial charge in [-0.1, -0.05) is 13.8 Å². The lowest BCUT2D eigenvalue weighted by atomic mass is 10.0. The van der Waals surface area contributed by atoms with Gasteiger partial charge in [-0.25, -0.2) is 8.42 Å². The van der Waals surface area contributed by atoms with Crippen molar-refractivity contribution in [1.82, 2.24) is 13.3 Å². The number of carboxylic acids is 1. The van der Waals surface area contributed by atoms with E-state index < -0.39 is 22.0 Å². The number of sulfonamides is 1. The lowest BCUT2D eigenvalue weighted by Crippen LogP contribution is -2.47. The normalized spacial score (nSPS) is 18.0. The van der Waals surface area contributed by atoms with Crippen LogP contribution >= 0.6 is 24.8 Å². The van der Waals surface area contributed by atoms with E-state index in [1.165, 1.54) is 12.1 Å². The van der Waals surface area contributed by atoms with Crippen LogP contribution in [0.4, 0.5) is 0 Å². The Bertz CT molecular complexity index is 701. The molecule has 0 aromatic carbocycles. The molecule has 10 heteroatoms. The van der Waals surface area contributed by atoms with Gasteiger partial charge in [0.1, 0.15) is 6.04 Å². The van der Waals surface area contributed by atoms with Crippen molar-refractivity contribution in [3.63, 3.8) is 0 Å². The molecule has 0 bridgehead atoms. The van der Waals surface area contributed by atoms with Crippen LogP contribution in [0.1, 0.15) is 20.3 Å². The van der Waals surface area contributed by atoms with Crippen LogP contribution in [0.2, 0.25) is 0 Å². The number of nitrogens with one attached hydrogen (secondary N) is 1. The molecule has 0 radical (unpaired) electrons. The van der Waals surface area contributed by atoms with Crippen molar-refractivity contribution in [2.24, 2.45) is 5.92 Å². The lowest BCUT2D eigenvalue weighted by Gasteiger charge is -2.29. The zero-order chi connectivity index (χ0) is 18.6. The van der Waals surface area contributed by atoms with Crippen LogP contribution < -0.4 is 4.72 Å². The second-order valence-electron chi connectivity index (χ2n) is 6.21. The molecule has 0 fully saturated rings. The molecule has 2 aliphatic rings. The van der Waals surface area contributed by atoms with E-state index in [9.17, 15) is 18.3 Å². The number of thiol groups is 1. The minimum Gasteiger partial charge on any atom is -0.480 e. The summed E-state index contributed by atoms with van der Waals surface area (Å²) in [6.45, 7) is 3.82. The van der Waals surface area contributed by atoms with Crippen molar-refractivity contribution < 1.29 is 18.3 Å². The standard InChI is InChI=1S/C15H23N3O4S3/c1-11(2)7-14(15(19)20)18(5-6-23)25(21,22)10-12-3-4-17-13(8-12)9-16-24-17/h3-4,8-9,11,14,16,23H,5-7,10H2,1-2H3,(H,19,20). The Hall–Kier alpha value is -1.10. The van der Waals surface area contributed by atoms with E-state index in [0.717, 1.165) is 10.0 Å². The van der Waals surface area contributed by atoms with Crippen LogP contribution in [0.25, 0.3) is 0 Å². The minimum atomic E-state index is -3.79. The second-order valence-corrected chi connectivity index (χ2v) is 9.39. The fourth-order valence-electron chi connectivity index (χ4n) is 2.64. The number of nitrogens with zero attached hydrogens (tertiary/aromatic N) is 2. The van der Waals surface area contributed by atoms with Crippen molar-refractivity contribution in [2.75, 3.05) is 18.1 Å². The Balaban J connectivity index is 2.23. The Morgan fingerprint density at radius 2 is 2.20 bits per heavy atom. The quantitative estimate of drug-likeness (QED) is 0.398. The SMILES string of the molecule is CC(C)CC(C(=O)O)N(CCS)S(=O)(=O)CC1=CC2=CNSN2C=C1. The number of carboxylic acid groups (broad SMARTS) is 1. The van der Waals surface area contributed by atoms with E-state index >= 15 is 0 Å². The molecule has 7 nitrogen and oxygen atoms in total. The van der Waals surface area contributed by atoms with E-state index in [0.29, 0.717) is 5.57 Å². The molecule has 0 saturated carbocycles. The molecular weight excluding hydrogens is 382 g/mol. The summed E-state index contributed by atoms with van der Waals surface area (Å²) in [5, 5.41) is 9.53. The number of rotatable bonds is 9. The summed E-state index contributed by atoms with van der Waals surface area (Å²) >= 11 is 5.49. The maximum atomic E-state index is 12.9. The van der Waals surface area contributed by atoms with Crippen molar-refractivity contribution >= 4 is 40.8 Å². The van der Waals surface area contributed by atoms with Gasteiger partial charge in [0.05, 0.1) is 23.6 Å². The number of allylic oxidation sites excluding steroid dienone is 2. The van der Waals surface area contributed by atoms with Crippen LogP contribution in [0.5, 0.6) is 0 Å². The molecule has 2 rings (SSSR count). The summed E-state index contributed by atoms with van der Waals surface area (Å²) in [5.74, 6) is -1.05. The number of hydrogen-bond acceptors (Lipinski definition) is 7. The third-order valence-electron chi connectivity index (χ3n) is 3.72. The molecule has 0 amide bonds. The highest BCUT2D eigenvalue weighted by molar-refractivity contribution is 7.95. The Kier molecular flexibility index (Phi) is 6.89. The maximum Gasteiger partial charge on any atom is 0.322 e. The van der Waals surface area contributed by atoms with Gasteiger partial charge < -0.3 is 9.83 Å². The molecular formula is C15H23N3O4S3. The predicted molar refractivity (Wildman–Crippen MR) is 103 cm³/mol. The van der Waals surface area contributed by atoms with Crippen LogP contribution in [-0.4, -0.2) is 52.2 Å². The van der Waals surface area contributed by atoms with Gasteiger partial charge in [-0.05, 0) is 30.1 Å². The van der Waals surface area contributed by atoms with E-state index in [4.69, 9.17) is 0 Å². The van der Waals surface area contributed by atoms with E-state index in [-0.39, 0.29) is 30.4 Å². The highest BCUT2D eigenvalue weighted by atomic mass is 32.2. The van der Waals surface area contributed by atoms with E-state index in [1.54, 1.807) is 24.6 Å². The molecule has 2 aliphatic heterocycles. The third-order valence-corrected chi connectivity index (χ3v) is 6.53. The molecule has 1 unspecified atom stereocenters. The largest absolute Gasteiger partial charge is 0.480 e. The first-order valence-electron chi connectivity index (χ1n) is 7.88. The van der Waals surface area contributed by atoms with E-state index in [1.807, 2.05) is 18.2 Å². The van der Waals surface area contributed by atoms with Gasteiger partial charge in [0.25, 0.3) is 0 Å². The minimum absolute atomic E-state index is 0.0628. The zero-order valence-electron chi connectivity index (χ0n) is 14.1. The van der Waals surface area contributed by atoms with Crippen molar-refractivity contribution in [3.8, 4) is 0 Å². The molecule has 2 heterocycles. The Morgan fingerprint density at radius 3 is 2.80 bits per heavy atom. The van der Waals surface area contributed by atoms with Gasteiger partial charge in [0.15, 0.2) is 0 Å². The Labute approximate surface area is 158 Å². The van der Waals surface area contributed by atoms with Gasteiger partial charge in [-0.15, -0.1) is 0 Å². The number of fused-ring (bicyclic) bond motifs is 1. The van der Waals surface area contributed by atoms with Gasteiger partial charge in [0.2, 0.25) is 10.0 Å². The first-order chi connectivity index (χ1) is 11.7. The molecule has 140 valence electrons. The van der Waals surface area contributed by atoms with E-state index in [2.05, 4.69) is 17.4 Å². The summed E-state index contributed by atoms with van der Waals surface area (Å²) in [6, 6.07) is -1.08.